The number of rotatable bonds is 5. The minimum absolute atomic E-state index is 0.253. The molecule has 4 atom stereocenters. The number of esters is 1. The Morgan fingerprint density at radius 2 is 1.80 bits per heavy atom. The maximum atomic E-state index is 14.7. The summed E-state index contributed by atoms with van der Waals surface area (Å²) in [5.41, 5.74) is 0.744. The molecule has 2 aliphatic carbocycles. The zero-order chi connectivity index (χ0) is 21.3. The molecule has 0 bridgehead atoms. The van der Waals surface area contributed by atoms with Crippen molar-refractivity contribution in [2.75, 3.05) is 7.11 Å². The number of unbranched alkanes of at least 4 members (excludes halogenated alkanes) is 1. The summed E-state index contributed by atoms with van der Waals surface area (Å²) in [7, 11) is 1.17. The molecule has 0 aliphatic heterocycles. The summed E-state index contributed by atoms with van der Waals surface area (Å²) < 4.78 is 33.7. The number of hydrogen-bond donors (Lipinski definition) is 0. The Morgan fingerprint density at radius 3 is 2.57 bits per heavy atom. The third-order valence-corrected chi connectivity index (χ3v) is 7.61. The zero-order valence-electron chi connectivity index (χ0n) is 18.1. The largest absolute Gasteiger partial charge is 0.465 e. The van der Waals surface area contributed by atoms with Gasteiger partial charge in [-0.05, 0) is 78.9 Å². The molecule has 0 saturated heterocycles. The van der Waals surface area contributed by atoms with Crippen LogP contribution in [0.3, 0.4) is 0 Å². The van der Waals surface area contributed by atoms with Crippen LogP contribution < -0.4 is 0 Å². The lowest BCUT2D eigenvalue weighted by atomic mass is 9.63. The summed E-state index contributed by atoms with van der Waals surface area (Å²) >= 11 is 0. The molecule has 0 radical (unpaired) electrons. The molecule has 2 fully saturated rings. The van der Waals surface area contributed by atoms with Crippen molar-refractivity contribution in [3.05, 3.63) is 47.0 Å². The van der Waals surface area contributed by atoms with Crippen molar-refractivity contribution in [2.45, 2.75) is 70.6 Å². The van der Waals surface area contributed by atoms with E-state index in [1.165, 1.54) is 58.1 Å². The minimum Gasteiger partial charge on any atom is -0.465 e. The van der Waals surface area contributed by atoms with Crippen LogP contribution in [0.4, 0.5) is 8.78 Å². The molecule has 4 heteroatoms. The van der Waals surface area contributed by atoms with Crippen molar-refractivity contribution in [1.29, 1.82) is 0 Å². The lowest BCUT2D eigenvalue weighted by Crippen LogP contribution is -2.30. The smallest absolute Gasteiger partial charge is 0.340 e. The van der Waals surface area contributed by atoms with Crippen LogP contribution in [-0.4, -0.2) is 13.1 Å². The van der Waals surface area contributed by atoms with Gasteiger partial charge in [-0.3, -0.25) is 0 Å². The Morgan fingerprint density at radius 1 is 1.03 bits per heavy atom. The Bertz CT molecular complexity index is 923. The van der Waals surface area contributed by atoms with Gasteiger partial charge in [0.2, 0.25) is 0 Å². The van der Waals surface area contributed by atoms with Gasteiger partial charge in [0.05, 0.1) is 12.7 Å². The number of carbonyl (C=O) groups excluding carboxylic acids is 1. The van der Waals surface area contributed by atoms with Gasteiger partial charge < -0.3 is 4.74 Å². The molecule has 2 nitrogen and oxygen atoms in total. The highest BCUT2D eigenvalue weighted by Crippen LogP contribution is 2.48. The number of carbonyl (C=O) groups is 1. The number of methoxy groups -OCH3 is 1. The summed E-state index contributed by atoms with van der Waals surface area (Å²) in [5, 5.41) is 0.784. The second-order valence-corrected chi connectivity index (χ2v) is 9.38. The molecular formula is C26H32F2O2. The second-order valence-electron chi connectivity index (χ2n) is 9.38. The van der Waals surface area contributed by atoms with E-state index in [9.17, 15) is 13.6 Å². The van der Waals surface area contributed by atoms with E-state index in [2.05, 4.69) is 11.7 Å². The number of ether oxygens (including phenoxy) is 1. The lowest BCUT2D eigenvalue weighted by molar-refractivity contribution is 0.0594. The summed E-state index contributed by atoms with van der Waals surface area (Å²) in [6.45, 7) is 2.27. The first-order valence-corrected chi connectivity index (χ1v) is 11.5. The van der Waals surface area contributed by atoms with Crippen molar-refractivity contribution >= 4 is 16.7 Å². The molecule has 0 spiro atoms. The SMILES string of the molecule is CCCCC1CC[C@@H]2CC(c3ccc4cc(C(=O)OC)c(F)c(F)c4c3)CC[C@H]2C1. The number of halogens is 2. The summed E-state index contributed by atoms with van der Waals surface area (Å²) in [4.78, 5) is 11.7. The van der Waals surface area contributed by atoms with Crippen LogP contribution in [0.15, 0.2) is 24.3 Å². The quantitative estimate of drug-likeness (QED) is 0.477. The Balaban J connectivity index is 1.52. The molecule has 0 amide bonds. The van der Waals surface area contributed by atoms with E-state index in [1.807, 2.05) is 12.1 Å². The molecule has 2 aromatic carbocycles. The third kappa shape index (κ3) is 4.10. The molecule has 4 rings (SSSR count). The molecule has 0 aromatic heterocycles. The highest BCUT2D eigenvalue weighted by Gasteiger charge is 2.36. The van der Waals surface area contributed by atoms with Crippen LogP contribution >= 0.6 is 0 Å². The van der Waals surface area contributed by atoms with E-state index in [1.54, 1.807) is 6.07 Å². The van der Waals surface area contributed by atoms with Gasteiger partial charge in [0.1, 0.15) is 0 Å². The van der Waals surface area contributed by atoms with Crippen LogP contribution in [0.5, 0.6) is 0 Å². The van der Waals surface area contributed by atoms with Crippen molar-refractivity contribution in [1.82, 2.24) is 0 Å². The first-order valence-electron chi connectivity index (χ1n) is 11.5. The Labute approximate surface area is 178 Å². The monoisotopic (exact) mass is 414 g/mol. The standard InChI is InChI=1S/C26H32F2O2/c1-3-4-5-16-6-7-18-13-19(9-8-17(18)12-16)20-10-11-21-15-23(26(29)30-2)25(28)24(27)22(21)14-20/h10-11,14-19H,3-9,12-13H2,1-2H3/t16?,17-,18+,19?/m0/s1. The maximum Gasteiger partial charge on any atom is 0.340 e. The van der Waals surface area contributed by atoms with Crippen LogP contribution in [-0.2, 0) is 4.74 Å². The van der Waals surface area contributed by atoms with E-state index in [0.717, 1.165) is 36.2 Å². The summed E-state index contributed by atoms with van der Waals surface area (Å²) in [5.74, 6) is -0.0180. The van der Waals surface area contributed by atoms with Gasteiger partial charge in [0.25, 0.3) is 0 Å². The van der Waals surface area contributed by atoms with E-state index in [4.69, 9.17) is 0 Å². The average Bonchev–Trinajstić information content (AvgIpc) is 2.78. The Hall–Kier alpha value is -1.97. The average molecular weight is 415 g/mol. The van der Waals surface area contributed by atoms with E-state index in [0.29, 0.717) is 11.3 Å². The second kappa shape index (κ2) is 9.03. The predicted octanol–water partition coefficient (Wildman–Crippen LogP) is 7.39. The first kappa shape index (κ1) is 21.3. The van der Waals surface area contributed by atoms with Crippen LogP contribution in [0.1, 0.15) is 86.6 Å². The first-order chi connectivity index (χ1) is 14.5. The number of fused-ring (bicyclic) bond motifs is 2. The van der Waals surface area contributed by atoms with Gasteiger partial charge in [-0.1, -0.05) is 44.7 Å². The summed E-state index contributed by atoms with van der Waals surface area (Å²) in [6.07, 6.45) is 11.6. The fraction of sp³-hybridized carbons (Fsp3) is 0.577. The summed E-state index contributed by atoms with van der Waals surface area (Å²) in [6, 6.07) is 7.02. The fourth-order valence-corrected chi connectivity index (χ4v) is 5.90. The molecule has 2 saturated carbocycles. The van der Waals surface area contributed by atoms with Crippen LogP contribution in [0.25, 0.3) is 10.8 Å². The predicted molar refractivity (Wildman–Crippen MR) is 116 cm³/mol. The van der Waals surface area contributed by atoms with Crippen molar-refractivity contribution in [3.63, 3.8) is 0 Å². The zero-order valence-corrected chi connectivity index (χ0v) is 18.1. The molecule has 2 aromatic rings. The molecule has 30 heavy (non-hydrogen) atoms. The topological polar surface area (TPSA) is 26.3 Å². The fourth-order valence-electron chi connectivity index (χ4n) is 5.90. The van der Waals surface area contributed by atoms with Crippen molar-refractivity contribution in [3.8, 4) is 0 Å². The van der Waals surface area contributed by atoms with Gasteiger partial charge in [-0.2, -0.15) is 0 Å². The van der Waals surface area contributed by atoms with Gasteiger partial charge in [0, 0.05) is 5.39 Å². The van der Waals surface area contributed by atoms with Gasteiger partial charge in [-0.15, -0.1) is 0 Å². The van der Waals surface area contributed by atoms with E-state index < -0.39 is 17.6 Å². The van der Waals surface area contributed by atoms with Crippen molar-refractivity contribution < 1.29 is 18.3 Å². The molecular weight excluding hydrogens is 382 g/mol. The van der Waals surface area contributed by atoms with Gasteiger partial charge in [-0.25, -0.2) is 13.6 Å². The van der Waals surface area contributed by atoms with Gasteiger partial charge in [0.15, 0.2) is 11.6 Å². The number of benzene rings is 2. The third-order valence-electron chi connectivity index (χ3n) is 7.61. The van der Waals surface area contributed by atoms with E-state index >= 15 is 0 Å². The van der Waals surface area contributed by atoms with E-state index in [-0.39, 0.29) is 10.9 Å². The highest BCUT2D eigenvalue weighted by atomic mass is 19.2. The minimum atomic E-state index is -1.12. The molecule has 0 heterocycles. The maximum absolute atomic E-state index is 14.7. The normalized spacial score (nSPS) is 26.4. The van der Waals surface area contributed by atoms with Crippen LogP contribution in [0, 0.1) is 29.4 Å². The van der Waals surface area contributed by atoms with Gasteiger partial charge >= 0.3 is 5.97 Å². The molecule has 2 unspecified atom stereocenters. The van der Waals surface area contributed by atoms with Crippen molar-refractivity contribution in [2.24, 2.45) is 17.8 Å². The Kier molecular flexibility index (Phi) is 6.40. The molecule has 0 N–H and O–H groups in total. The lowest BCUT2D eigenvalue weighted by Gasteiger charge is -2.42. The molecule has 2 aliphatic rings. The molecule has 162 valence electrons. The van der Waals surface area contributed by atoms with Crippen LogP contribution in [0.2, 0.25) is 0 Å². The highest BCUT2D eigenvalue weighted by molar-refractivity contribution is 5.96. The number of hydrogen-bond acceptors (Lipinski definition) is 2.